The molecule has 86 valence electrons. The van der Waals surface area contributed by atoms with Gasteiger partial charge < -0.3 is 4.74 Å². The number of fused-ring (bicyclic) bond motifs is 1. The zero-order chi connectivity index (χ0) is 11.1. The Labute approximate surface area is 87.4 Å². The summed E-state index contributed by atoms with van der Waals surface area (Å²) in [5.41, 5.74) is 0. The highest BCUT2D eigenvalue weighted by Gasteiger charge is 2.57. The molecule has 15 heavy (non-hydrogen) atoms. The van der Waals surface area contributed by atoms with E-state index in [0.717, 1.165) is 13.0 Å². The maximum absolute atomic E-state index is 13.9. The first-order chi connectivity index (χ1) is 7.07. The number of esters is 1. The Morgan fingerprint density at radius 1 is 1.40 bits per heavy atom. The lowest BCUT2D eigenvalue weighted by Crippen LogP contribution is -2.56. The van der Waals surface area contributed by atoms with Crippen LogP contribution in [0.3, 0.4) is 0 Å². The van der Waals surface area contributed by atoms with Crippen LogP contribution in [0.5, 0.6) is 0 Å². The molecule has 2 aliphatic rings. The number of halogens is 2. The maximum Gasteiger partial charge on any atom is 0.314 e. The predicted molar refractivity (Wildman–Crippen MR) is 49.7 cm³/mol. The molecule has 5 heteroatoms. The minimum atomic E-state index is -2.93. The molecule has 0 aliphatic carbocycles. The van der Waals surface area contributed by atoms with Crippen molar-refractivity contribution in [2.24, 2.45) is 5.92 Å². The van der Waals surface area contributed by atoms with Gasteiger partial charge in [-0.25, -0.2) is 8.78 Å². The van der Waals surface area contributed by atoms with Gasteiger partial charge in [-0.15, -0.1) is 0 Å². The summed E-state index contributed by atoms with van der Waals surface area (Å²) >= 11 is 0. The van der Waals surface area contributed by atoms with Crippen molar-refractivity contribution in [1.29, 1.82) is 0 Å². The molecule has 2 fully saturated rings. The Bertz CT molecular complexity index is 270. The normalized spacial score (nSPS) is 34.9. The number of hydrogen-bond acceptors (Lipinski definition) is 3. The van der Waals surface area contributed by atoms with Gasteiger partial charge in [0.25, 0.3) is 5.92 Å². The Morgan fingerprint density at radius 3 is 2.80 bits per heavy atom. The van der Waals surface area contributed by atoms with E-state index in [2.05, 4.69) is 4.74 Å². The number of carbonyl (C=O) groups is 1. The van der Waals surface area contributed by atoms with Crippen molar-refractivity contribution in [3.63, 3.8) is 0 Å². The molecule has 0 N–H and O–H groups in total. The fourth-order valence-corrected chi connectivity index (χ4v) is 2.67. The second-order valence-corrected chi connectivity index (χ2v) is 4.23. The van der Waals surface area contributed by atoms with Crippen molar-refractivity contribution >= 4 is 5.97 Å². The van der Waals surface area contributed by atoms with Crippen LogP contribution < -0.4 is 0 Å². The smallest absolute Gasteiger partial charge is 0.314 e. The molecule has 2 heterocycles. The van der Waals surface area contributed by atoms with E-state index in [1.807, 2.05) is 0 Å². The topological polar surface area (TPSA) is 29.5 Å². The van der Waals surface area contributed by atoms with E-state index in [1.54, 1.807) is 4.90 Å². The number of methoxy groups -OCH3 is 1. The molecular formula is C10H15F2NO2. The van der Waals surface area contributed by atoms with Crippen molar-refractivity contribution in [3.8, 4) is 0 Å². The quantitative estimate of drug-likeness (QED) is 0.622. The van der Waals surface area contributed by atoms with E-state index in [-0.39, 0.29) is 6.42 Å². The molecule has 0 amide bonds. The van der Waals surface area contributed by atoms with Crippen LogP contribution in [0.25, 0.3) is 0 Å². The van der Waals surface area contributed by atoms with Crippen molar-refractivity contribution in [2.75, 3.05) is 20.2 Å². The molecule has 2 atom stereocenters. The van der Waals surface area contributed by atoms with Crippen LogP contribution in [0.2, 0.25) is 0 Å². The van der Waals surface area contributed by atoms with Gasteiger partial charge >= 0.3 is 5.97 Å². The summed E-state index contributed by atoms with van der Waals surface area (Å²) in [7, 11) is 1.17. The summed E-state index contributed by atoms with van der Waals surface area (Å²) in [6.45, 7) is 1.31. The highest BCUT2D eigenvalue weighted by molar-refractivity contribution is 5.73. The van der Waals surface area contributed by atoms with E-state index in [9.17, 15) is 13.6 Å². The second kappa shape index (κ2) is 3.70. The molecule has 0 radical (unpaired) electrons. The van der Waals surface area contributed by atoms with Gasteiger partial charge in [-0.1, -0.05) is 0 Å². The van der Waals surface area contributed by atoms with Crippen LogP contribution >= 0.6 is 0 Å². The SMILES string of the molecule is COC(=O)C1CCN2CCCC2C1(F)F. The fraction of sp³-hybridized carbons (Fsp3) is 0.900. The minimum Gasteiger partial charge on any atom is -0.469 e. The molecule has 0 spiro atoms. The van der Waals surface area contributed by atoms with Crippen LogP contribution in [-0.2, 0) is 9.53 Å². The summed E-state index contributed by atoms with van der Waals surface area (Å²) in [4.78, 5) is 13.0. The van der Waals surface area contributed by atoms with Crippen molar-refractivity contribution in [2.45, 2.75) is 31.2 Å². The molecule has 2 rings (SSSR count). The van der Waals surface area contributed by atoms with Gasteiger partial charge in [0.1, 0.15) is 5.92 Å². The summed E-state index contributed by atoms with van der Waals surface area (Å²) in [6, 6.07) is -0.754. The summed E-state index contributed by atoms with van der Waals surface area (Å²) in [5.74, 6) is -4.95. The van der Waals surface area contributed by atoms with Crippen LogP contribution in [0.4, 0.5) is 8.78 Å². The number of hydrogen-bond donors (Lipinski definition) is 0. The van der Waals surface area contributed by atoms with Crippen LogP contribution in [-0.4, -0.2) is 43.0 Å². The molecule has 0 saturated carbocycles. The molecule has 2 unspecified atom stereocenters. The highest BCUT2D eigenvalue weighted by atomic mass is 19.3. The lowest BCUT2D eigenvalue weighted by Gasteiger charge is -2.40. The number of alkyl halides is 2. The van der Waals surface area contributed by atoms with E-state index < -0.39 is 23.9 Å². The minimum absolute atomic E-state index is 0.205. The number of ether oxygens (including phenoxy) is 1. The molecule has 2 aliphatic heterocycles. The van der Waals surface area contributed by atoms with E-state index in [0.29, 0.717) is 13.0 Å². The Hall–Kier alpha value is -0.710. The van der Waals surface area contributed by atoms with Crippen molar-refractivity contribution < 1.29 is 18.3 Å². The van der Waals surface area contributed by atoms with Gasteiger partial charge in [0.15, 0.2) is 0 Å². The Morgan fingerprint density at radius 2 is 2.13 bits per heavy atom. The van der Waals surface area contributed by atoms with Gasteiger partial charge in [0, 0.05) is 0 Å². The van der Waals surface area contributed by atoms with E-state index in [4.69, 9.17) is 0 Å². The second-order valence-electron chi connectivity index (χ2n) is 4.23. The first kappa shape index (κ1) is 10.8. The highest BCUT2D eigenvalue weighted by Crippen LogP contribution is 2.42. The van der Waals surface area contributed by atoms with Gasteiger partial charge in [-0.2, -0.15) is 0 Å². The van der Waals surface area contributed by atoms with Gasteiger partial charge in [0.05, 0.1) is 13.2 Å². The van der Waals surface area contributed by atoms with Crippen LogP contribution in [0, 0.1) is 5.92 Å². The zero-order valence-corrected chi connectivity index (χ0v) is 8.71. The number of nitrogens with zero attached hydrogens (tertiary/aromatic N) is 1. The summed E-state index contributed by atoms with van der Waals surface area (Å²) < 4.78 is 32.3. The third kappa shape index (κ3) is 1.62. The first-order valence-electron chi connectivity index (χ1n) is 5.27. The monoisotopic (exact) mass is 219 g/mol. The molecule has 0 aromatic rings. The third-order valence-electron chi connectivity index (χ3n) is 3.46. The number of carbonyl (C=O) groups excluding carboxylic acids is 1. The van der Waals surface area contributed by atoms with E-state index in [1.165, 1.54) is 7.11 Å². The van der Waals surface area contributed by atoms with Gasteiger partial charge in [0.2, 0.25) is 0 Å². The van der Waals surface area contributed by atoms with Crippen LogP contribution in [0.1, 0.15) is 19.3 Å². The van der Waals surface area contributed by atoms with Gasteiger partial charge in [-0.05, 0) is 32.4 Å². The molecule has 0 aromatic carbocycles. The first-order valence-corrected chi connectivity index (χ1v) is 5.27. The van der Waals surface area contributed by atoms with Crippen molar-refractivity contribution in [1.82, 2.24) is 4.90 Å². The van der Waals surface area contributed by atoms with Crippen LogP contribution in [0.15, 0.2) is 0 Å². The molecule has 2 saturated heterocycles. The largest absolute Gasteiger partial charge is 0.469 e. The average molecular weight is 219 g/mol. The molecule has 0 aromatic heterocycles. The Balaban J connectivity index is 2.18. The van der Waals surface area contributed by atoms with E-state index >= 15 is 0 Å². The number of rotatable bonds is 1. The zero-order valence-electron chi connectivity index (χ0n) is 8.71. The maximum atomic E-state index is 13.9. The third-order valence-corrected chi connectivity index (χ3v) is 3.46. The number of piperidine rings is 1. The molecule has 0 bridgehead atoms. The standard InChI is InChI=1S/C10H15F2NO2/c1-15-9(14)7-4-6-13-5-2-3-8(13)10(7,11)12/h7-8H,2-6H2,1H3. The lowest BCUT2D eigenvalue weighted by molar-refractivity contribution is -0.180. The fourth-order valence-electron chi connectivity index (χ4n) is 2.67. The summed E-state index contributed by atoms with van der Waals surface area (Å²) in [5, 5.41) is 0. The van der Waals surface area contributed by atoms with Crippen molar-refractivity contribution in [3.05, 3.63) is 0 Å². The summed E-state index contributed by atoms with van der Waals surface area (Å²) in [6.07, 6.45) is 1.49. The Kier molecular flexibility index (Phi) is 2.66. The van der Waals surface area contributed by atoms with Gasteiger partial charge in [-0.3, -0.25) is 9.69 Å². The lowest BCUT2D eigenvalue weighted by atomic mass is 9.87. The predicted octanol–water partition coefficient (Wildman–Crippen LogP) is 1.28. The average Bonchev–Trinajstić information content (AvgIpc) is 2.66. The molecule has 3 nitrogen and oxygen atoms in total. The molecular weight excluding hydrogens is 204 g/mol.